The fraction of sp³-hybridized carbons (Fsp3) is 0.294. The molecule has 3 N–H and O–H groups in total. The normalized spacial score (nSPS) is 17.6. The van der Waals surface area contributed by atoms with Gasteiger partial charge in [0.1, 0.15) is 6.04 Å². The van der Waals surface area contributed by atoms with Gasteiger partial charge < -0.3 is 16.0 Å². The van der Waals surface area contributed by atoms with Crippen molar-refractivity contribution in [3.8, 4) is 0 Å². The van der Waals surface area contributed by atoms with Crippen molar-refractivity contribution in [1.82, 2.24) is 4.90 Å². The van der Waals surface area contributed by atoms with Crippen molar-refractivity contribution in [3.63, 3.8) is 0 Å². The molecule has 0 saturated carbocycles. The largest absolute Gasteiger partial charge is 0.376 e. The first-order chi connectivity index (χ1) is 10.6. The Bertz CT molecular complexity index is 714. The van der Waals surface area contributed by atoms with Crippen LogP contribution in [-0.2, 0) is 9.59 Å². The molecule has 0 bridgehead atoms. The summed E-state index contributed by atoms with van der Waals surface area (Å²) in [6.45, 7) is 0.772. The van der Waals surface area contributed by atoms with Crippen molar-refractivity contribution in [3.05, 3.63) is 42.5 Å². The van der Waals surface area contributed by atoms with Gasteiger partial charge in [-0.05, 0) is 35.7 Å². The summed E-state index contributed by atoms with van der Waals surface area (Å²) in [5.41, 5.74) is 6.23. The van der Waals surface area contributed by atoms with Crippen LogP contribution in [0.3, 0.4) is 0 Å². The summed E-state index contributed by atoms with van der Waals surface area (Å²) in [5, 5.41) is 5.41. The molecule has 2 amide bonds. The van der Waals surface area contributed by atoms with E-state index in [9.17, 15) is 9.59 Å². The van der Waals surface area contributed by atoms with Gasteiger partial charge in [0.2, 0.25) is 11.8 Å². The first-order valence-corrected chi connectivity index (χ1v) is 7.46. The van der Waals surface area contributed by atoms with E-state index in [4.69, 9.17) is 5.73 Å². The van der Waals surface area contributed by atoms with Crippen LogP contribution in [0.1, 0.15) is 12.8 Å². The molecule has 2 aromatic rings. The van der Waals surface area contributed by atoms with Gasteiger partial charge in [0.05, 0.1) is 6.54 Å². The molecule has 0 aromatic heterocycles. The maximum absolute atomic E-state index is 12.3. The fourth-order valence-electron chi connectivity index (χ4n) is 2.94. The zero-order valence-corrected chi connectivity index (χ0v) is 12.3. The van der Waals surface area contributed by atoms with E-state index in [0.717, 1.165) is 22.9 Å². The van der Waals surface area contributed by atoms with Crippen molar-refractivity contribution in [1.29, 1.82) is 0 Å². The van der Waals surface area contributed by atoms with Crippen LogP contribution < -0.4 is 11.1 Å². The van der Waals surface area contributed by atoms with Crippen LogP contribution in [0.15, 0.2) is 42.5 Å². The number of primary amides is 1. The third-order valence-corrected chi connectivity index (χ3v) is 4.09. The SMILES string of the molecule is NC(=O)C1CCCN1C(=O)CNc1ccc2ccccc2c1. The average molecular weight is 297 g/mol. The Morgan fingerprint density at radius 3 is 2.73 bits per heavy atom. The maximum Gasteiger partial charge on any atom is 0.242 e. The van der Waals surface area contributed by atoms with Crippen molar-refractivity contribution in [2.24, 2.45) is 5.73 Å². The lowest BCUT2D eigenvalue weighted by Gasteiger charge is -2.22. The molecule has 1 unspecified atom stereocenters. The lowest BCUT2D eigenvalue weighted by atomic mass is 10.1. The average Bonchev–Trinajstić information content (AvgIpc) is 3.02. The van der Waals surface area contributed by atoms with E-state index in [0.29, 0.717) is 13.0 Å². The van der Waals surface area contributed by atoms with Crippen LogP contribution in [0.4, 0.5) is 5.69 Å². The van der Waals surface area contributed by atoms with E-state index in [2.05, 4.69) is 5.32 Å². The van der Waals surface area contributed by atoms with Crippen molar-refractivity contribution in [2.45, 2.75) is 18.9 Å². The number of benzene rings is 2. The number of nitrogens with zero attached hydrogens (tertiary/aromatic N) is 1. The van der Waals surface area contributed by atoms with Crippen molar-refractivity contribution >= 4 is 28.3 Å². The van der Waals surface area contributed by atoms with Crippen LogP contribution in [0.5, 0.6) is 0 Å². The fourth-order valence-corrected chi connectivity index (χ4v) is 2.94. The second kappa shape index (κ2) is 6.05. The Hall–Kier alpha value is -2.56. The number of nitrogens with two attached hydrogens (primary N) is 1. The predicted molar refractivity (Wildman–Crippen MR) is 86.4 cm³/mol. The first kappa shape index (κ1) is 14.4. The third-order valence-electron chi connectivity index (χ3n) is 4.09. The van der Waals surface area contributed by atoms with Crippen LogP contribution in [0, 0.1) is 0 Å². The molecule has 114 valence electrons. The van der Waals surface area contributed by atoms with Crippen LogP contribution in [0.2, 0.25) is 0 Å². The number of hydrogen-bond donors (Lipinski definition) is 2. The van der Waals surface area contributed by atoms with Crippen LogP contribution >= 0.6 is 0 Å². The summed E-state index contributed by atoms with van der Waals surface area (Å²) in [6.07, 6.45) is 1.49. The van der Waals surface area contributed by atoms with Crippen molar-refractivity contribution < 1.29 is 9.59 Å². The quantitative estimate of drug-likeness (QED) is 0.902. The van der Waals surface area contributed by atoms with E-state index in [1.807, 2.05) is 42.5 Å². The molecule has 1 atom stereocenters. The maximum atomic E-state index is 12.3. The van der Waals surface area contributed by atoms with Gasteiger partial charge in [0.25, 0.3) is 0 Å². The molecule has 1 fully saturated rings. The van der Waals surface area contributed by atoms with Gasteiger partial charge in [0.15, 0.2) is 0 Å². The molecule has 1 saturated heterocycles. The molecule has 22 heavy (non-hydrogen) atoms. The monoisotopic (exact) mass is 297 g/mol. The summed E-state index contributed by atoms with van der Waals surface area (Å²) in [6, 6.07) is 13.6. The van der Waals surface area contributed by atoms with Crippen LogP contribution in [-0.4, -0.2) is 35.8 Å². The minimum atomic E-state index is -0.453. The molecule has 3 rings (SSSR count). The summed E-state index contributed by atoms with van der Waals surface area (Å²) in [4.78, 5) is 25.2. The number of carbonyl (C=O) groups is 2. The summed E-state index contributed by atoms with van der Waals surface area (Å²) >= 11 is 0. The summed E-state index contributed by atoms with van der Waals surface area (Å²) in [7, 11) is 0. The van der Waals surface area contributed by atoms with Gasteiger partial charge in [-0.25, -0.2) is 0 Å². The number of carbonyl (C=O) groups excluding carboxylic acids is 2. The molecule has 0 spiro atoms. The van der Waals surface area contributed by atoms with Gasteiger partial charge in [0, 0.05) is 12.2 Å². The second-order valence-corrected chi connectivity index (χ2v) is 5.56. The topological polar surface area (TPSA) is 75.4 Å². The molecule has 5 heteroatoms. The molecule has 1 aliphatic heterocycles. The van der Waals surface area contributed by atoms with E-state index >= 15 is 0 Å². The first-order valence-electron chi connectivity index (χ1n) is 7.46. The standard InChI is InChI=1S/C17H19N3O2/c18-17(22)15-6-3-9-20(15)16(21)11-19-14-8-7-12-4-1-2-5-13(12)10-14/h1-2,4-5,7-8,10,15,19H,3,6,9,11H2,(H2,18,22). The molecule has 0 aliphatic carbocycles. The summed E-state index contributed by atoms with van der Waals surface area (Å²) in [5.74, 6) is -0.508. The van der Waals surface area contributed by atoms with Gasteiger partial charge in [-0.2, -0.15) is 0 Å². The van der Waals surface area contributed by atoms with Gasteiger partial charge in [-0.3, -0.25) is 9.59 Å². The zero-order chi connectivity index (χ0) is 15.5. The minimum Gasteiger partial charge on any atom is -0.376 e. The Kier molecular flexibility index (Phi) is 3.96. The van der Waals surface area contributed by atoms with Gasteiger partial charge >= 0.3 is 0 Å². The molecule has 1 heterocycles. The second-order valence-electron chi connectivity index (χ2n) is 5.56. The molecule has 1 aliphatic rings. The predicted octanol–water partition coefficient (Wildman–Crippen LogP) is 1.73. The third kappa shape index (κ3) is 2.88. The highest BCUT2D eigenvalue weighted by Gasteiger charge is 2.32. The van der Waals surface area contributed by atoms with E-state index in [1.54, 1.807) is 4.90 Å². The molecule has 2 aromatic carbocycles. The Balaban J connectivity index is 1.66. The van der Waals surface area contributed by atoms with E-state index in [-0.39, 0.29) is 12.5 Å². The number of hydrogen-bond acceptors (Lipinski definition) is 3. The Labute approximate surface area is 129 Å². The molecule has 5 nitrogen and oxygen atoms in total. The lowest BCUT2D eigenvalue weighted by molar-refractivity contribution is -0.135. The van der Waals surface area contributed by atoms with Gasteiger partial charge in [-0.1, -0.05) is 30.3 Å². The molecular formula is C17H19N3O2. The minimum absolute atomic E-state index is 0.0885. The van der Waals surface area contributed by atoms with E-state index < -0.39 is 11.9 Å². The Morgan fingerprint density at radius 2 is 1.95 bits per heavy atom. The summed E-state index contributed by atoms with van der Waals surface area (Å²) < 4.78 is 0. The number of amides is 2. The zero-order valence-electron chi connectivity index (χ0n) is 12.3. The molecule has 0 radical (unpaired) electrons. The number of fused-ring (bicyclic) bond motifs is 1. The molecular weight excluding hydrogens is 278 g/mol. The number of rotatable bonds is 4. The smallest absolute Gasteiger partial charge is 0.242 e. The van der Waals surface area contributed by atoms with Gasteiger partial charge in [-0.15, -0.1) is 0 Å². The number of nitrogens with one attached hydrogen (secondary N) is 1. The highest BCUT2D eigenvalue weighted by Crippen LogP contribution is 2.20. The Morgan fingerprint density at radius 1 is 1.18 bits per heavy atom. The number of likely N-dealkylation sites (tertiary alicyclic amines) is 1. The van der Waals surface area contributed by atoms with E-state index in [1.165, 1.54) is 0 Å². The lowest BCUT2D eigenvalue weighted by Crippen LogP contribution is -2.45. The van der Waals surface area contributed by atoms with Crippen LogP contribution in [0.25, 0.3) is 10.8 Å². The van der Waals surface area contributed by atoms with Crippen molar-refractivity contribution in [2.75, 3.05) is 18.4 Å². The number of anilines is 1. The highest BCUT2D eigenvalue weighted by molar-refractivity contribution is 5.90. The highest BCUT2D eigenvalue weighted by atomic mass is 16.2.